The maximum Gasteiger partial charge on any atom is 2.00 e. The predicted molar refractivity (Wildman–Crippen MR) is 78.4 cm³/mol. The number of carbonyl (C=O) groups excluding carboxylic acids is 1. The molecule has 2 aromatic rings. The summed E-state index contributed by atoms with van der Waals surface area (Å²) in [5.74, 6) is 0.208. The van der Waals surface area contributed by atoms with Gasteiger partial charge in [-0.25, -0.2) is 0 Å². The molecule has 0 unspecified atom stereocenters. The van der Waals surface area contributed by atoms with Crippen LogP contribution in [0.1, 0.15) is 12.8 Å². The van der Waals surface area contributed by atoms with Crippen LogP contribution in [-0.2, 0) is 25.9 Å². The van der Waals surface area contributed by atoms with Gasteiger partial charge in [-0.1, -0.05) is 36.9 Å². The Morgan fingerprint density at radius 2 is 1.55 bits per heavy atom. The largest absolute Gasteiger partial charge is 2.00 e. The van der Waals surface area contributed by atoms with Crippen LogP contribution in [0.25, 0.3) is 11.1 Å². The van der Waals surface area contributed by atoms with E-state index in [9.17, 15) is 4.79 Å². The first-order valence-corrected chi connectivity index (χ1v) is 6.31. The molecule has 0 bridgehead atoms. The number of allylic oxidation sites excluding steroid dienone is 1. The normalized spacial score (nSPS) is 13.2. The predicted octanol–water partition coefficient (Wildman–Crippen LogP) is 4.26. The Morgan fingerprint density at radius 1 is 0.950 bits per heavy atom. The van der Waals surface area contributed by atoms with Crippen molar-refractivity contribution in [2.75, 3.05) is 0 Å². The van der Waals surface area contributed by atoms with E-state index in [1.54, 1.807) is 0 Å². The fraction of sp³-hybridized carbons (Fsp3) is 0.111. The van der Waals surface area contributed by atoms with Gasteiger partial charge in [0.25, 0.3) is 0 Å². The Balaban J connectivity index is 0.000000216. The van der Waals surface area contributed by atoms with Crippen LogP contribution in [0.3, 0.4) is 0 Å². The van der Waals surface area contributed by atoms with Crippen molar-refractivity contribution < 1.29 is 25.9 Å². The molecule has 0 atom stereocenters. The second-order valence-electron chi connectivity index (χ2n) is 4.38. The van der Waals surface area contributed by atoms with Crippen molar-refractivity contribution >= 4 is 5.78 Å². The number of carbonyl (C=O) groups is 1. The van der Waals surface area contributed by atoms with Gasteiger partial charge in [-0.15, -0.1) is 12.0 Å². The summed E-state index contributed by atoms with van der Waals surface area (Å²) in [4.78, 5) is 10.4. The first kappa shape index (κ1) is 16.6. The van der Waals surface area contributed by atoms with E-state index in [0.29, 0.717) is 6.42 Å². The number of benzene rings is 2. The molecule has 1 nitrogen and oxygen atoms in total. The summed E-state index contributed by atoms with van der Waals surface area (Å²) in [5, 5.41) is 0. The van der Waals surface area contributed by atoms with E-state index in [0.717, 1.165) is 12.0 Å². The zero-order valence-electron chi connectivity index (χ0n) is 11.2. The molecule has 100 valence electrons. The molecule has 1 saturated carbocycles. The zero-order chi connectivity index (χ0) is 13.5. The average Bonchev–Trinajstić information content (AvgIpc) is 2.85. The van der Waals surface area contributed by atoms with Gasteiger partial charge in [0.05, 0.1) is 0 Å². The summed E-state index contributed by atoms with van der Waals surface area (Å²) in [6, 6.07) is 21.3. The van der Waals surface area contributed by atoms with E-state index in [1.807, 2.05) is 36.8 Å². The molecule has 0 N–H and O–H groups in total. The molecule has 0 amide bonds. The minimum absolute atomic E-state index is 0. The molecule has 0 aliphatic heterocycles. The SMILES string of the molecule is C=C1C[CH-]CC1=O.[W+2].[c-]1ccc(-c2ccccc2)cc1. The topological polar surface area (TPSA) is 17.1 Å². The fourth-order valence-electron chi connectivity index (χ4n) is 1.85. The minimum Gasteiger partial charge on any atom is -0.317 e. The molecule has 2 aromatic carbocycles. The molecule has 1 aliphatic rings. The summed E-state index contributed by atoms with van der Waals surface area (Å²) < 4.78 is 0. The summed E-state index contributed by atoms with van der Waals surface area (Å²) in [6.07, 6.45) is 3.36. The maximum atomic E-state index is 10.4. The van der Waals surface area contributed by atoms with Gasteiger partial charge in [-0.3, -0.25) is 4.79 Å². The van der Waals surface area contributed by atoms with Gasteiger partial charge in [0.2, 0.25) is 0 Å². The van der Waals surface area contributed by atoms with Crippen LogP contribution < -0.4 is 0 Å². The van der Waals surface area contributed by atoms with Crippen LogP contribution in [0.5, 0.6) is 0 Å². The number of rotatable bonds is 1. The molecule has 20 heavy (non-hydrogen) atoms. The summed E-state index contributed by atoms with van der Waals surface area (Å²) in [6.45, 7) is 3.55. The smallest absolute Gasteiger partial charge is 0.317 e. The molecule has 0 spiro atoms. The molecule has 0 heterocycles. The van der Waals surface area contributed by atoms with Crippen LogP contribution in [0.2, 0.25) is 0 Å². The van der Waals surface area contributed by atoms with Crippen LogP contribution in [0.15, 0.2) is 66.7 Å². The van der Waals surface area contributed by atoms with Gasteiger partial charge in [-0.2, -0.15) is 36.8 Å². The van der Waals surface area contributed by atoms with Crippen molar-refractivity contribution in [3.8, 4) is 11.1 Å². The monoisotopic (exact) mass is 432 g/mol. The van der Waals surface area contributed by atoms with E-state index < -0.39 is 0 Å². The standard InChI is InChI=1S/C12H9.C6H7O.W/c1-3-7-11(8-4-1)12-9-5-2-6-10-12;1-5-3-2-4-6(5)7;/h1,3-10H;2H,1,3-4H2;/q2*-1;+2. The van der Waals surface area contributed by atoms with Crippen LogP contribution >= 0.6 is 0 Å². The Morgan fingerprint density at radius 3 is 2.00 bits per heavy atom. The Hall–Kier alpha value is -1.46. The van der Waals surface area contributed by atoms with Crippen LogP contribution in [0.4, 0.5) is 0 Å². The fourth-order valence-corrected chi connectivity index (χ4v) is 1.85. The third-order valence-electron chi connectivity index (χ3n) is 2.94. The van der Waals surface area contributed by atoms with Crippen molar-refractivity contribution in [3.63, 3.8) is 0 Å². The number of hydrogen-bond acceptors (Lipinski definition) is 1. The van der Waals surface area contributed by atoms with E-state index in [2.05, 4.69) is 36.9 Å². The number of hydrogen-bond donors (Lipinski definition) is 0. The number of Topliss-reactive ketones (excluding diaryl/α,β-unsaturated/α-hetero) is 1. The van der Waals surface area contributed by atoms with Crippen molar-refractivity contribution in [2.24, 2.45) is 0 Å². The van der Waals surface area contributed by atoms with Crippen molar-refractivity contribution in [3.05, 3.63) is 79.2 Å². The molecule has 0 aromatic heterocycles. The van der Waals surface area contributed by atoms with Gasteiger partial charge in [-0.05, 0) is 11.1 Å². The maximum absolute atomic E-state index is 10.4. The van der Waals surface area contributed by atoms with Gasteiger partial charge in [0.15, 0.2) is 0 Å². The Kier molecular flexibility index (Phi) is 7.18. The third-order valence-corrected chi connectivity index (χ3v) is 2.94. The zero-order valence-corrected chi connectivity index (χ0v) is 14.1. The van der Waals surface area contributed by atoms with Crippen molar-refractivity contribution in [1.82, 2.24) is 0 Å². The molecule has 3 rings (SSSR count). The minimum atomic E-state index is 0. The van der Waals surface area contributed by atoms with Gasteiger partial charge >= 0.3 is 21.1 Å². The van der Waals surface area contributed by atoms with Crippen LogP contribution in [0, 0.1) is 12.5 Å². The Labute approximate surface area is 135 Å². The second-order valence-corrected chi connectivity index (χ2v) is 4.38. The molecule has 1 aliphatic carbocycles. The second kappa shape index (κ2) is 8.66. The summed E-state index contributed by atoms with van der Waals surface area (Å²) in [5.41, 5.74) is 3.26. The quantitative estimate of drug-likeness (QED) is 0.487. The molecular weight excluding hydrogens is 416 g/mol. The van der Waals surface area contributed by atoms with E-state index in [4.69, 9.17) is 0 Å². The van der Waals surface area contributed by atoms with Gasteiger partial charge < -0.3 is 6.42 Å². The van der Waals surface area contributed by atoms with E-state index in [1.165, 1.54) is 11.1 Å². The molecule has 2 heteroatoms. The Bertz CT molecular complexity index is 495. The number of ketones is 1. The van der Waals surface area contributed by atoms with E-state index in [-0.39, 0.29) is 26.8 Å². The van der Waals surface area contributed by atoms with Crippen LogP contribution in [-0.4, -0.2) is 5.78 Å². The van der Waals surface area contributed by atoms with Gasteiger partial charge in [0, 0.05) is 0 Å². The first-order chi connectivity index (χ1) is 9.27. The summed E-state index contributed by atoms with van der Waals surface area (Å²) in [7, 11) is 0. The first-order valence-electron chi connectivity index (χ1n) is 6.31. The van der Waals surface area contributed by atoms with E-state index >= 15 is 0 Å². The molecular formula is C18H16OW. The molecule has 0 radical (unpaired) electrons. The van der Waals surface area contributed by atoms with Gasteiger partial charge in [0.1, 0.15) is 5.78 Å². The third kappa shape index (κ3) is 4.90. The molecule has 0 saturated heterocycles. The summed E-state index contributed by atoms with van der Waals surface area (Å²) >= 11 is 0. The molecule has 1 fully saturated rings. The average molecular weight is 432 g/mol. The van der Waals surface area contributed by atoms with Crippen molar-refractivity contribution in [1.29, 1.82) is 0 Å². The van der Waals surface area contributed by atoms with Crippen molar-refractivity contribution in [2.45, 2.75) is 12.8 Å².